The summed E-state index contributed by atoms with van der Waals surface area (Å²) in [4.78, 5) is 59.7. The number of rotatable bonds is 7. The highest BCUT2D eigenvalue weighted by molar-refractivity contribution is 6.00. The molecule has 0 bridgehead atoms. The van der Waals surface area contributed by atoms with Crippen LogP contribution in [0.25, 0.3) is 11.1 Å². The SMILES string of the molecule is C[C@H](CC1CCCCC1)C(=O)N1CC[C@@](O)(Cn2cc(C(=O)N3CCN(C(=O)OC(C)(C)C)[C@H](C)C3)c(-c3ccccc3)cc2=O)C(C)(C)C1. The maximum absolute atomic E-state index is 14.3. The summed E-state index contributed by atoms with van der Waals surface area (Å²) in [5, 5.41) is 12.2. The van der Waals surface area contributed by atoms with Crippen molar-refractivity contribution in [2.75, 3.05) is 32.7 Å². The highest BCUT2D eigenvalue weighted by atomic mass is 16.6. The predicted octanol–water partition coefficient (Wildman–Crippen LogP) is 6.19. The molecule has 3 amide bonds. The van der Waals surface area contributed by atoms with Crippen molar-refractivity contribution >= 4 is 17.9 Å². The van der Waals surface area contributed by atoms with Gasteiger partial charge < -0.3 is 29.1 Å². The van der Waals surface area contributed by atoms with E-state index in [0.29, 0.717) is 56.2 Å². The lowest BCUT2D eigenvalue weighted by Gasteiger charge is -2.51. The Bertz CT molecular complexity index is 1590. The molecule has 1 N–H and O–H groups in total. The van der Waals surface area contributed by atoms with E-state index in [4.69, 9.17) is 4.74 Å². The van der Waals surface area contributed by atoms with Gasteiger partial charge in [-0.25, -0.2) is 4.79 Å². The molecular formula is C40H58N4O6. The first kappa shape index (κ1) is 37.6. The lowest BCUT2D eigenvalue weighted by atomic mass is 9.69. The van der Waals surface area contributed by atoms with Gasteiger partial charge in [0.1, 0.15) is 5.60 Å². The zero-order chi connectivity index (χ0) is 36.4. The second-order valence-electron chi connectivity index (χ2n) is 16.8. The minimum atomic E-state index is -1.29. The maximum atomic E-state index is 14.3. The molecule has 2 aliphatic heterocycles. The molecule has 3 aliphatic rings. The fourth-order valence-electron chi connectivity index (χ4n) is 8.09. The normalized spacial score (nSPS) is 23.8. The number of aromatic nitrogens is 1. The van der Waals surface area contributed by atoms with Crippen molar-refractivity contribution in [1.82, 2.24) is 19.3 Å². The van der Waals surface area contributed by atoms with Crippen LogP contribution in [-0.4, -0.2) is 92.2 Å². The van der Waals surface area contributed by atoms with E-state index in [1.807, 2.05) is 83.7 Å². The summed E-state index contributed by atoms with van der Waals surface area (Å²) < 4.78 is 7.06. The Balaban J connectivity index is 1.36. The number of nitrogens with zero attached hydrogens (tertiary/aromatic N) is 4. The van der Waals surface area contributed by atoms with E-state index in [1.165, 1.54) is 42.7 Å². The Kier molecular flexibility index (Phi) is 11.2. The molecule has 274 valence electrons. The third kappa shape index (κ3) is 8.44. The fourth-order valence-corrected chi connectivity index (χ4v) is 8.09. The van der Waals surface area contributed by atoms with Crippen LogP contribution in [0.2, 0.25) is 0 Å². The van der Waals surface area contributed by atoms with Gasteiger partial charge in [-0.3, -0.25) is 14.4 Å². The number of aliphatic hydroxyl groups is 1. The Labute approximate surface area is 297 Å². The molecule has 1 aromatic carbocycles. The van der Waals surface area contributed by atoms with Crippen molar-refractivity contribution in [1.29, 1.82) is 0 Å². The van der Waals surface area contributed by atoms with Crippen LogP contribution in [0.5, 0.6) is 0 Å². The van der Waals surface area contributed by atoms with Crippen molar-refractivity contribution < 1.29 is 24.2 Å². The number of hydrogen-bond acceptors (Lipinski definition) is 6. The number of amides is 3. The topological polar surface area (TPSA) is 112 Å². The van der Waals surface area contributed by atoms with Crippen molar-refractivity contribution in [3.05, 3.63) is 58.5 Å². The van der Waals surface area contributed by atoms with E-state index < -0.39 is 22.7 Å². The van der Waals surface area contributed by atoms with Crippen molar-refractivity contribution in [3.63, 3.8) is 0 Å². The fraction of sp³-hybridized carbons (Fsp3) is 0.650. The van der Waals surface area contributed by atoms with Gasteiger partial charge in [0, 0.05) is 67.9 Å². The van der Waals surface area contributed by atoms with Gasteiger partial charge in [-0.2, -0.15) is 0 Å². The summed E-state index contributed by atoms with van der Waals surface area (Å²) in [6.07, 6.45) is 8.61. The van der Waals surface area contributed by atoms with E-state index in [0.717, 1.165) is 12.0 Å². The van der Waals surface area contributed by atoms with E-state index in [-0.39, 0.29) is 35.9 Å². The number of carbonyl (C=O) groups excluding carboxylic acids is 3. The Hall–Kier alpha value is -3.66. The van der Waals surface area contributed by atoms with Crippen molar-refractivity contribution in [2.45, 2.75) is 117 Å². The van der Waals surface area contributed by atoms with Gasteiger partial charge in [0.2, 0.25) is 5.91 Å². The average Bonchev–Trinajstić information content (AvgIpc) is 3.06. The monoisotopic (exact) mass is 690 g/mol. The minimum absolute atomic E-state index is 0.00331. The second-order valence-corrected chi connectivity index (χ2v) is 16.8. The molecule has 2 saturated heterocycles. The number of ether oxygens (including phenoxy) is 1. The number of likely N-dealkylation sites (tertiary alicyclic amines) is 1. The molecule has 3 heterocycles. The van der Waals surface area contributed by atoms with Gasteiger partial charge >= 0.3 is 6.09 Å². The molecule has 5 rings (SSSR count). The lowest BCUT2D eigenvalue weighted by molar-refractivity contribution is -0.157. The van der Waals surface area contributed by atoms with Crippen LogP contribution < -0.4 is 5.56 Å². The first-order chi connectivity index (χ1) is 23.5. The van der Waals surface area contributed by atoms with Gasteiger partial charge in [0.25, 0.3) is 11.5 Å². The quantitative estimate of drug-likeness (QED) is 0.371. The van der Waals surface area contributed by atoms with Crippen LogP contribution in [0.3, 0.4) is 0 Å². The Morgan fingerprint density at radius 3 is 2.30 bits per heavy atom. The molecule has 3 atom stereocenters. The van der Waals surface area contributed by atoms with Gasteiger partial charge in [0.15, 0.2) is 0 Å². The summed E-state index contributed by atoms with van der Waals surface area (Å²) in [5.41, 5.74) is -1.30. The smallest absolute Gasteiger partial charge is 0.410 e. The zero-order valence-corrected chi connectivity index (χ0v) is 31.2. The van der Waals surface area contributed by atoms with Crippen molar-refractivity contribution in [3.8, 4) is 11.1 Å². The molecule has 3 fully saturated rings. The number of hydrogen-bond donors (Lipinski definition) is 1. The summed E-state index contributed by atoms with van der Waals surface area (Å²) in [5.74, 6) is 0.448. The van der Waals surface area contributed by atoms with Gasteiger partial charge in [-0.05, 0) is 52.0 Å². The van der Waals surface area contributed by atoms with E-state index in [1.54, 1.807) is 16.0 Å². The summed E-state index contributed by atoms with van der Waals surface area (Å²) in [6, 6.07) is 10.6. The predicted molar refractivity (Wildman–Crippen MR) is 195 cm³/mol. The number of pyridine rings is 1. The third-order valence-corrected chi connectivity index (χ3v) is 11.2. The van der Waals surface area contributed by atoms with E-state index in [2.05, 4.69) is 0 Å². The number of piperazine rings is 1. The molecule has 10 nitrogen and oxygen atoms in total. The molecule has 1 saturated carbocycles. The average molecular weight is 691 g/mol. The largest absolute Gasteiger partial charge is 0.444 e. The number of piperidine rings is 1. The second kappa shape index (κ2) is 14.9. The summed E-state index contributed by atoms with van der Waals surface area (Å²) in [6.45, 7) is 15.1. The number of carbonyl (C=O) groups is 3. The molecule has 50 heavy (non-hydrogen) atoms. The van der Waals surface area contributed by atoms with Crippen LogP contribution in [0.4, 0.5) is 4.79 Å². The lowest BCUT2D eigenvalue weighted by Crippen LogP contribution is -2.61. The number of benzene rings is 1. The Morgan fingerprint density at radius 1 is 1.00 bits per heavy atom. The molecule has 0 radical (unpaired) electrons. The first-order valence-corrected chi connectivity index (χ1v) is 18.6. The van der Waals surface area contributed by atoms with Gasteiger partial charge in [0.05, 0.1) is 17.7 Å². The first-order valence-electron chi connectivity index (χ1n) is 18.6. The molecule has 0 spiro atoms. The molecular weight excluding hydrogens is 632 g/mol. The van der Waals surface area contributed by atoms with E-state index in [9.17, 15) is 24.3 Å². The van der Waals surface area contributed by atoms with Crippen LogP contribution in [0, 0.1) is 17.3 Å². The summed E-state index contributed by atoms with van der Waals surface area (Å²) in [7, 11) is 0. The standard InChI is InChI=1S/C40H58N4O6/c1-28(22-30-14-10-8-11-15-30)35(46)42-19-18-40(49,39(6,7)26-42)27-43-25-33(32(23-34(43)45)31-16-12-9-13-17-31)36(47)41-20-21-44(29(2)24-41)37(48)50-38(3,4)5/h9,12-13,16-17,23,25,28-30,49H,8,10-11,14-15,18-22,24,26-27H2,1-7H3/t28-,29-,40-/m1/s1. The van der Waals surface area contributed by atoms with Crippen LogP contribution in [-0.2, 0) is 16.1 Å². The highest BCUT2D eigenvalue weighted by Crippen LogP contribution is 2.41. The van der Waals surface area contributed by atoms with Gasteiger partial charge in [-0.15, -0.1) is 0 Å². The van der Waals surface area contributed by atoms with Crippen LogP contribution in [0.1, 0.15) is 104 Å². The molecule has 0 unspecified atom stereocenters. The Morgan fingerprint density at radius 2 is 1.68 bits per heavy atom. The summed E-state index contributed by atoms with van der Waals surface area (Å²) >= 11 is 0. The third-order valence-electron chi connectivity index (χ3n) is 11.2. The minimum Gasteiger partial charge on any atom is -0.444 e. The van der Waals surface area contributed by atoms with Crippen LogP contribution in [0.15, 0.2) is 47.4 Å². The van der Waals surface area contributed by atoms with Crippen molar-refractivity contribution in [2.24, 2.45) is 17.3 Å². The molecule has 2 aromatic rings. The van der Waals surface area contributed by atoms with Crippen LogP contribution >= 0.6 is 0 Å². The molecule has 10 heteroatoms. The van der Waals surface area contributed by atoms with E-state index >= 15 is 0 Å². The highest BCUT2D eigenvalue weighted by Gasteiger charge is 2.49. The molecule has 1 aromatic heterocycles. The zero-order valence-electron chi connectivity index (χ0n) is 31.2. The maximum Gasteiger partial charge on any atom is 0.410 e. The van der Waals surface area contributed by atoms with Gasteiger partial charge in [-0.1, -0.05) is 83.2 Å². The molecule has 1 aliphatic carbocycles.